The first-order chi connectivity index (χ1) is 12.5. The van der Waals surface area contributed by atoms with Gasteiger partial charge in [-0.05, 0) is 75.6 Å². The second-order valence-electron chi connectivity index (χ2n) is 7.88. The minimum absolute atomic E-state index is 0.0118. The second-order valence-corrected chi connectivity index (χ2v) is 7.88. The predicted octanol–water partition coefficient (Wildman–Crippen LogP) is 4.06. The van der Waals surface area contributed by atoms with Crippen molar-refractivity contribution in [2.24, 2.45) is 5.92 Å². The molecule has 2 aliphatic heterocycles. The fourth-order valence-corrected chi connectivity index (χ4v) is 4.21. The Kier molecular flexibility index (Phi) is 6.52. The summed E-state index contributed by atoms with van der Waals surface area (Å²) < 4.78 is 19.2. The molecule has 3 rings (SSSR count). The number of piperidine rings is 1. The molecule has 3 unspecified atom stereocenters. The number of halogens is 1. The second kappa shape index (κ2) is 8.85. The van der Waals surface area contributed by atoms with Crippen LogP contribution in [0.25, 0.3) is 0 Å². The van der Waals surface area contributed by atoms with Gasteiger partial charge in [-0.3, -0.25) is 0 Å². The van der Waals surface area contributed by atoms with E-state index in [1.807, 2.05) is 24.8 Å². The lowest BCUT2D eigenvalue weighted by Gasteiger charge is -2.38. The summed E-state index contributed by atoms with van der Waals surface area (Å²) in [4.78, 5) is 14.6. The van der Waals surface area contributed by atoms with E-state index in [2.05, 4.69) is 5.32 Å². The van der Waals surface area contributed by atoms with Crippen LogP contribution >= 0.6 is 0 Å². The number of carbonyl (C=O) groups is 1. The number of urea groups is 1. The van der Waals surface area contributed by atoms with Crippen molar-refractivity contribution in [2.75, 3.05) is 19.7 Å². The highest BCUT2D eigenvalue weighted by molar-refractivity contribution is 5.74. The summed E-state index contributed by atoms with van der Waals surface area (Å²) in [5.74, 6) is 0.247. The maximum absolute atomic E-state index is 13.2. The van der Waals surface area contributed by atoms with Crippen LogP contribution in [-0.2, 0) is 11.2 Å². The van der Waals surface area contributed by atoms with Crippen molar-refractivity contribution in [2.45, 2.75) is 64.5 Å². The summed E-state index contributed by atoms with van der Waals surface area (Å²) in [6, 6.07) is 4.86. The van der Waals surface area contributed by atoms with Crippen molar-refractivity contribution >= 4 is 6.03 Å². The number of nitrogens with one attached hydrogen (secondary N) is 1. The fourth-order valence-electron chi connectivity index (χ4n) is 4.21. The van der Waals surface area contributed by atoms with E-state index in [9.17, 15) is 9.18 Å². The number of nitrogens with zero attached hydrogens (tertiary/aromatic N) is 1. The maximum Gasteiger partial charge on any atom is 0.317 e. The number of hydrogen-bond donors (Lipinski definition) is 1. The molecule has 4 nitrogen and oxygen atoms in total. The first-order valence-electron chi connectivity index (χ1n) is 9.95. The third kappa shape index (κ3) is 4.97. The molecular formula is C21H31FN2O2. The largest absolute Gasteiger partial charge is 0.378 e. The molecule has 144 valence electrons. The highest BCUT2D eigenvalue weighted by Crippen LogP contribution is 2.27. The Morgan fingerprint density at radius 1 is 1.35 bits per heavy atom. The highest BCUT2D eigenvalue weighted by atomic mass is 19.1. The Labute approximate surface area is 156 Å². The molecule has 5 heteroatoms. The van der Waals surface area contributed by atoms with Crippen LogP contribution in [0.15, 0.2) is 18.2 Å². The zero-order chi connectivity index (χ0) is 18.5. The number of hydrogen-bond acceptors (Lipinski definition) is 2. The van der Waals surface area contributed by atoms with E-state index in [1.54, 1.807) is 6.07 Å². The molecule has 0 spiro atoms. The smallest absolute Gasteiger partial charge is 0.317 e. The van der Waals surface area contributed by atoms with Gasteiger partial charge in [0, 0.05) is 31.7 Å². The number of benzene rings is 1. The van der Waals surface area contributed by atoms with Crippen LogP contribution in [0.2, 0.25) is 0 Å². The quantitative estimate of drug-likeness (QED) is 0.878. The van der Waals surface area contributed by atoms with Gasteiger partial charge < -0.3 is 15.0 Å². The molecule has 0 saturated carbocycles. The molecule has 2 amide bonds. The molecule has 0 aromatic heterocycles. The number of likely N-dealkylation sites (tertiary alicyclic amines) is 1. The third-order valence-electron chi connectivity index (χ3n) is 5.69. The first-order valence-corrected chi connectivity index (χ1v) is 9.95. The zero-order valence-corrected chi connectivity index (χ0v) is 16.0. The molecule has 1 aromatic carbocycles. The van der Waals surface area contributed by atoms with E-state index < -0.39 is 0 Å². The van der Waals surface area contributed by atoms with Gasteiger partial charge in [-0.1, -0.05) is 6.07 Å². The van der Waals surface area contributed by atoms with Crippen LogP contribution in [0.5, 0.6) is 0 Å². The fraction of sp³-hybridized carbons (Fsp3) is 0.667. The molecular weight excluding hydrogens is 331 g/mol. The molecule has 2 saturated heterocycles. The third-order valence-corrected chi connectivity index (χ3v) is 5.69. The van der Waals surface area contributed by atoms with Gasteiger partial charge >= 0.3 is 6.03 Å². The van der Waals surface area contributed by atoms with E-state index in [1.165, 1.54) is 12.5 Å². The zero-order valence-electron chi connectivity index (χ0n) is 16.0. The number of ether oxygens (including phenoxy) is 1. The number of aryl methyl sites for hydroxylation is 1. The van der Waals surface area contributed by atoms with Gasteiger partial charge in [-0.15, -0.1) is 0 Å². The Morgan fingerprint density at radius 3 is 2.92 bits per heavy atom. The normalized spacial score (nSPS) is 25.0. The molecule has 1 N–H and O–H groups in total. The van der Waals surface area contributed by atoms with Crippen molar-refractivity contribution in [3.05, 3.63) is 35.1 Å². The van der Waals surface area contributed by atoms with E-state index in [4.69, 9.17) is 4.74 Å². The van der Waals surface area contributed by atoms with Crippen molar-refractivity contribution in [1.29, 1.82) is 0 Å². The molecule has 26 heavy (non-hydrogen) atoms. The lowest BCUT2D eigenvalue weighted by atomic mass is 9.88. The van der Waals surface area contributed by atoms with Gasteiger partial charge in [-0.2, -0.15) is 0 Å². The minimum atomic E-state index is -0.216. The van der Waals surface area contributed by atoms with Crippen molar-refractivity contribution in [3.8, 4) is 0 Å². The average molecular weight is 362 g/mol. The van der Waals surface area contributed by atoms with Crippen molar-refractivity contribution in [1.82, 2.24) is 10.2 Å². The Bertz CT molecular complexity index is 616. The summed E-state index contributed by atoms with van der Waals surface area (Å²) in [5, 5.41) is 3.12. The molecule has 0 radical (unpaired) electrons. The van der Waals surface area contributed by atoms with Gasteiger partial charge in [0.15, 0.2) is 0 Å². The number of carbonyl (C=O) groups excluding carboxylic acids is 1. The summed E-state index contributed by atoms with van der Waals surface area (Å²) in [6.45, 7) is 6.39. The Morgan fingerprint density at radius 2 is 2.19 bits per heavy atom. The molecule has 2 fully saturated rings. The van der Waals surface area contributed by atoms with Gasteiger partial charge in [0.25, 0.3) is 0 Å². The SMILES string of the molecule is Cc1cc(F)ccc1CC(C)NC(=O)N1CCCC(C2CCCCO2)C1. The summed E-state index contributed by atoms with van der Waals surface area (Å²) in [7, 11) is 0. The van der Waals surface area contributed by atoms with Gasteiger partial charge in [-0.25, -0.2) is 9.18 Å². The Balaban J connectivity index is 1.51. The number of rotatable bonds is 4. The average Bonchev–Trinajstić information content (AvgIpc) is 2.65. The topological polar surface area (TPSA) is 41.6 Å². The maximum atomic E-state index is 13.2. The van der Waals surface area contributed by atoms with Gasteiger partial charge in [0.2, 0.25) is 0 Å². The van der Waals surface area contributed by atoms with Crippen LogP contribution in [0.1, 0.15) is 50.2 Å². The molecule has 2 heterocycles. The standard InChI is InChI=1S/C21H31FN2O2/c1-15-12-19(22)9-8-17(15)13-16(2)23-21(25)24-10-5-6-18(14-24)20-7-3-4-11-26-20/h8-9,12,16,18,20H,3-7,10-11,13-14H2,1-2H3,(H,23,25). The minimum Gasteiger partial charge on any atom is -0.378 e. The predicted molar refractivity (Wildman–Crippen MR) is 101 cm³/mol. The molecule has 3 atom stereocenters. The van der Waals surface area contributed by atoms with E-state index in [0.29, 0.717) is 18.4 Å². The molecule has 1 aromatic rings. The first kappa shape index (κ1) is 19.2. The van der Waals surface area contributed by atoms with Crippen molar-refractivity contribution < 1.29 is 13.9 Å². The highest BCUT2D eigenvalue weighted by Gasteiger charge is 2.31. The van der Waals surface area contributed by atoms with Gasteiger partial charge in [0.1, 0.15) is 5.82 Å². The van der Waals surface area contributed by atoms with Crippen LogP contribution in [0.4, 0.5) is 9.18 Å². The van der Waals surface area contributed by atoms with Gasteiger partial charge in [0.05, 0.1) is 6.10 Å². The van der Waals surface area contributed by atoms with Crippen molar-refractivity contribution in [3.63, 3.8) is 0 Å². The molecule has 0 aliphatic carbocycles. The van der Waals surface area contributed by atoms with Crippen LogP contribution in [0, 0.1) is 18.7 Å². The lowest BCUT2D eigenvalue weighted by Crippen LogP contribution is -2.50. The van der Waals surface area contributed by atoms with E-state index in [0.717, 1.165) is 56.5 Å². The van der Waals surface area contributed by atoms with Crippen LogP contribution in [0.3, 0.4) is 0 Å². The number of amides is 2. The summed E-state index contributed by atoms with van der Waals surface area (Å²) in [6.07, 6.45) is 6.75. The molecule has 0 bridgehead atoms. The van der Waals surface area contributed by atoms with Crippen LogP contribution in [-0.4, -0.2) is 42.8 Å². The van der Waals surface area contributed by atoms with E-state index >= 15 is 0 Å². The Hall–Kier alpha value is -1.62. The monoisotopic (exact) mass is 362 g/mol. The lowest BCUT2D eigenvalue weighted by molar-refractivity contribution is -0.0366. The molecule has 2 aliphatic rings. The van der Waals surface area contributed by atoms with E-state index in [-0.39, 0.29) is 17.9 Å². The summed E-state index contributed by atoms with van der Waals surface area (Å²) in [5.41, 5.74) is 2.00. The van der Waals surface area contributed by atoms with Crippen LogP contribution < -0.4 is 5.32 Å². The summed E-state index contributed by atoms with van der Waals surface area (Å²) >= 11 is 0.